The third kappa shape index (κ3) is 4.40. The highest BCUT2D eigenvalue weighted by atomic mass is 16.2. The van der Waals surface area contributed by atoms with Gasteiger partial charge in [-0.15, -0.1) is 0 Å². The zero-order chi connectivity index (χ0) is 19.4. The van der Waals surface area contributed by atoms with E-state index in [4.69, 9.17) is 0 Å². The van der Waals surface area contributed by atoms with Gasteiger partial charge in [0.1, 0.15) is 5.82 Å². The van der Waals surface area contributed by atoms with Gasteiger partial charge in [0.15, 0.2) is 0 Å². The Morgan fingerprint density at radius 3 is 2.61 bits per heavy atom. The first-order valence-electron chi connectivity index (χ1n) is 11.5. The summed E-state index contributed by atoms with van der Waals surface area (Å²) < 4.78 is 0. The first kappa shape index (κ1) is 19.8. The molecule has 5 nitrogen and oxygen atoms in total. The molecule has 2 aliphatic heterocycles. The number of amides is 1. The molecule has 1 saturated carbocycles. The molecule has 0 aromatic carbocycles. The maximum atomic E-state index is 13.4. The molecule has 1 atom stereocenters. The number of carbonyl (C=O) groups excluding carboxylic acids is 1. The predicted molar refractivity (Wildman–Crippen MR) is 111 cm³/mol. The van der Waals surface area contributed by atoms with E-state index in [-0.39, 0.29) is 5.41 Å². The predicted octanol–water partition coefficient (Wildman–Crippen LogP) is 3.82. The quantitative estimate of drug-likeness (QED) is 0.748. The minimum absolute atomic E-state index is 0.129. The number of hydrogen-bond acceptors (Lipinski definition) is 4. The number of aromatic nitrogens is 2. The zero-order valence-electron chi connectivity index (χ0n) is 17.5. The van der Waals surface area contributed by atoms with Crippen LogP contribution in [0.25, 0.3) is 0 Å². The van der Waals surface area contributed by atoms with Crippen LogP contribution in [0.1, 0.15) is 76.1 Å². The molecule has 5 heteroatoms. The molecule has 1 spiro atoms. The second-order valence-corrected chi connectivity index (χ2v) is 9.36. The summed E-state index contributed by atoms with van der Waals surface area (Å²) >= 11 is 0. The highest BCUT2D eigenvalue weighted by Crippen LogP contribution is 2.41. The van der Waals surface area contributed by atoms with Crippen LogP contribution >= 0.6 is 0 Å². The fourth-order valence-electron chi connectivity index (χ4n) is 5.55. The largest absolute Gasteiger partial charge is 0.342 e. The lowest BCUT2D eigenvalue weighted by Crippen LogP contribution is -2.51. The van der Waals surface area contributed by atoms with Crippen molar-refractivity contribution in [3.8, 4) is 0 Å². The summed E-state index contributed by atoms with van der Waals surface area (Å²) in [4.78, 5) is 27.1. The molecule has 0 radical (unpaired) electrons. The Balaban J connectivity index is 1.35. The molecule has 1 aliphatic carbocycles. The number of nitrogens with zero attached hydrogens (tertiary/aromatic N) is 4. The maximum Gasteiger partial charge on any atom is 0.230 e. The van der Waals surface area contributed by atoms with E-state index in [9.17, 15) is 4.79 Å². The first-order valence-corrected chi connectivity index (χ1v) is 11.5. The monoisotopic (exact) mass is 384 g/mol. The molecule has 3 aliphatic rings. The van der Waals surface area contributed by atoms with Crippen LogP contribution in [-0.2, 0) is 17.8 Å². The average Bonchev–Trinajstić information content (AvgIpc) is 3.12. The Labute approximate surface area is 169 Å². The summed E-state index contributed by atoms with van der Waals surface area (Å²) in [5.41, 5.74) is 1.04. The molecule has 154 valence electrons. The fraction of sp³-hybridized carbons (Fsp3) is 0.783. The Morgan fingerprint density at radius 1 is 1.07 bits per heavy atom. The molecule has 4 rings (SSSR count). The average molecular weight is 385 g/mol. The van der Waals surface area contributed by atoms with Crippen LogP contribution in [0.3, 0.4) is 0 Å². The molecule has 1 amide bonds. The van der Waals surface area contributed by atoms with Crippen LogP contribution in [0.4, 0.5) is 0 Å². The smallest absolute Gasteiger partial charge is 0.230 e. The molecule has 2 saturated heterocycles. The van der Waals surface area contributed by atoms with Crippen molar-refractivity contribution >= 4 is 5.91 Å². The van der Waals surface area contributed by atoms with Gasteiger partial charge >= 0.3 is 0 Å². The minimum atomic E-state index is -0.129. The van der Waals surface area contributed by atoms with E-state index in [0.29, 0.717) is 5.91 Å². The van der Waals surface area contributed by atoms with Gasteiger partial charge in [-0.05, 0) is 51.0 Å². The normalized spacial score (nSPS) is 27.0. The standard InChI is InChI=1S/C23H36N4O/c1-2-7-21-24-14-20(15-25-21)16-26-13-11-23(18-26)10-6-12-27(22(23)28)17-19-8-4-3-5-9-19/h14-15,19H,2-13,16-18H2,1H3. The van der Waals surface area contributed by atoms with E-state index < -0.39 is 0 Å². The summed E-state index contributed by atoms with van der Waals surface area (Å²) in [6.45, 7) is 6.92. The van der Waals surface area contributed by atoms with Crippen LogP contribution < -0.4 is 0 Å². The molecule has 1 unspecified atom stereocenters. The molecule has 0 bridgehead atoms. The van der Waals surface area contributed by atoms with E-state index in [1.807, 2.05) is 12.4 Å². The Kier molecular flexibility index (Phi) is 6.29. The van der Waals surface area contributed by atoms with E-state index in [1.54, 1.807) is 0 Å². The van der Waals surface area contributed by atoms with Gasteiger partial charge in [-0.25, -0.2) is 9.97 Å². The molecule has 28 heavy (non-hydrogen) atoms. The fourth-order valence-corrected chi connectivity index (χ4v) is 5.55. The third-order valence-corrected chi connectivity index (χ3v) is 7.10. The number of likely N-dealkylation sites (tertiary alicyclic amines) is 2. The molecule has 1 aromatic heterocycles. The van der Waals surface area contributed by atoms with Crippen molar-refractivity contribution in [2.45, 2.75) is 77.7 Å². The summed E-state index contributed by atoms with van der Waals surface area (Å²) in [5, 5.41) is 0. The van der Waals surface area contributed by atoms with Crippen molar-refractivity contribution < 1.29 is 4.79 Å². The second-order valence-electron chi connectivity index (χ2n) is 9.36. The topological polar surface area (TPSA) is 49.3 Å². The van der Waals surface area contributed by atoms with Crippen molar-refractivity contribution in [1.29, 1.82) is 0 Å². The van der Waals surface area contributed by atoms with Gasteiger partial charge < -0.3 is 4.90 Å². The number of hydrogen-bond donors (Lipinski definition) is 0. The summed E-state index contributed by atoms with van der Waals surface area (Å²) in [7, 11) is 0. The maximum absolute atomic E-state index is 13.4. The van der Waals surface area contributed by atoms with E-state index in [0.717, 1.165) is 70.1 Å². The minimum Gasteiger partial charge on any atom is -0.342 e. The first-order chi connectivity index (χ1) is 13.7. The Hall–Kier alpha value is -1.49. The van der Waals surface area contributed by atoms with Crippen molar-refractivity contribution in [2.75, 3.05) is 26.2 Å². The van der Waals surface area contributed by atoms with Gasteiger partial charge in [-0.1, -0.05) is 26.2 Å². The van der Waals surface area contributed by atoms with Crippen LogP contribution in [0.2, 0.25) is 0 Å². The highest BCUT2D eigenvalue weighted by Gasteiger charge is 2.48. The van der Waals surface area contributed by atoms with Crippen LogP contribution in [0.5, 0.6) is 0 Å². The van der Waals surface area contributed by atoms with Crippen LogP contribution in [0.15, 0.2) is 12.4 Å². The number of aryl methyl sites for hydroxylation is 1. The van der Waals surface area contributed by atoms with Gasteiger partial charge in [0.25, 0.3) is 0 Å². The SMILES string of the molecule is CCCc1ncc(CN2CCC3(CCCN(CC4CCCCC4)C3=O)C2)cn1. The van der Waals surface area contributed by atoms with Crippen molar-refractivity contribution in [2.24, 2.45) is 11.3 Å². The van der Waals surface area contributed by atoms with Crippen molar-refractivity contribution in [3.63, 3.8) is 0 Å². The lowest BCUT2D eigenvalue weighted by molar-refractivity contribution is -0.146. The van der Waals surface area contributed by atoms with Crippen molar-refractivity contribution in [3.05, 3.63) is 23.8 Å². The molecular weight excluding hydrogens is 348 g/mol. The second kappa shape index (κ2) is 8.89. The van der Waals surface area contributed by atoms with Crippen molar-refractivity contribution in [1.82, 2.24) is 19.8 Å². The lowest BCUT2D eigenvalue weighted by Gasteiger charge is -2.41. The molecule has 3 heterocycles. The number of carbonyl (C=O) groups is 1. The third-order valence-electron chi connectivity index (χ3n) is 7.10. The summed E-state index contributed by atoms with van der Waals surface area (Å²) in [6.07, 6.45) is 15.9. The lowest BCUT2D eigenvalue weighted by atomic mass is 9.77. The Morgan fingerprint density at radius 2 is 1.86 bits per heavy atom. The van der Waals surface area contributed by atoms with Crippen LogP contribution in [-0.4, -0.2) is 51.9 Å². The van der Waals surface area contributed by atoms with Gasteiger partial charge in [0.05, 0.1) is 5.41 Å². The number of rotatable bonds is 6. The summed E-state index contributed by atoms with van der Waals surface area (Å²) in [5.74, 6) is 2.12. The summed E-state index contributed by atoms with van der Waals surface area (Å²) in [6, 6.07) is 0. The molecule has 3 fully saturated rings. The van der Waals surface area contributed by atoms with Gasteiger partial charge in [0.2, 0.25) is 5.91 Å². The molecule has 0 N–H and O–H groups in total. The van der Waals surface area contributed by atoms with Gasteiger partial charge in [-0.3, -0.25) is 9.69 Å². The number of piperidine rings is 1. The van der Waals surface area contributed by atoms with E-state index in [2.05, 4.69) is 26.7 Å². The van der Waals surface area contributed by atoms with E-state index in [1.165, 1.54) is 44.1 Å². The van der Waals surface area contributed by atoms with E-state index >= 15 is 0 Å². The molecular formula is C23H36N4O. The Bertz CT molecular complexity index is 655. The van der Waals surface area contributed by atoms with Gasteiger partial charge in [0, 0.05) is 50.6 Å². The molecule has 1 aromatic rings. The zero-order valence-corrected chi connectivity index (χ0v) is 17.5. The highest BCUT2D eigenvalue weighted by molar-refractivity contribution is 5.84. The van der Waals surface area contributed by atoms with Gasteiger partial charge in [-0.2, -0.15) is 0 Å². The van der Waals surface area contributed by atoms with Crippen LogP contribution in [0, 0.1) is 11.3 Å².